The van der Waals surface area contributed by atoms with Crippen molar-refractivity contribution in [2.45, 2.75) is 6.92 Å². The van der Waals surface area contributed by atoms with Crippen molar-refractivity contribution in [2.75, 3.05) is 12.4 Å². The van der Waals surface area contributed by atoms with Gasteiger partial charge in [-0.1, -0.05) is 0 Å². The zero-order valence-corrected chi connectivity index (χ0v) is 8.11. The van der Waals surface area contributed by atoms with Crippen LogP contribution in [0.25, 0.3) is 11.3 Å². The minimum Gasteiger partial charge on any atom is -0.472 e. The minimum atomic E-state index is 0.617. The van der Waals surface area contributed by atoms with Crippen LogP contribution >= 0.6 is 0 Å². The summed E-state index contributed by atoms with van der Waals surface area (Å²) in [5.74, 6) is 0.617. The van der Waals surface area contributed by atoms with Gasteiger partial charge in [-0.2, -0.15) is 0 Å². The molecule has 2 aromatic rings. The Hall–Kier alpha value is -1.84. The van der Waals surface area contributed by atoms with Crippen molar-refractivity contribution in [3.05, 3.63) is 30.4 Å². The predicted molar refractivity (Wildman–Crippen MR) is 54.0 cm³/mol. The van der Waals surface area contributed by atoms with Crippen LogP contribution in [0, 0.1) is 6.92 Å². The number of hydrogen-bond acceptors (Lipinski definition) is 4. The summed E-state index contributed by atoms with van der Waals surface area (Å²) >= 11 is 0. The van der Waals surface area contributed by atoms with Gasteiger partial charge in [0.05, 0.1) is 18.2 Å². The number of hydrogen-bond donors (Lipinski definition) is 1. The Bertz CT molecular complexity index is 423. The fourth-order valence-corrected chi connectivity index (χ4v) is 1.25. The van der Waals surface area contributed by atoms with E-state index in [1.165, 1.54) is 0 Å². The molecule has 72 valence electrons. The summed E-state index contributed by atoms with van der Waals surface area (Å²) in [7, 11) is 1.80. The number of anilines is 1. The fraction of sp³-hybridized carbons (Fsp3) is 0.200. The Labute approximate surface area is 82.0 Å². The monoisotopic (exact) mass is 189 g/mol. The molecule has 4 heteroatoms. The molecule has 0 unspecified atom stereocenters. The molecule has 0 aliphatic heterocycles. The largest absolute Gasteiger partial charge is 0.472 e. The van der Waals surface area contributed by atoms with Crippen LogP contribution < -0.4 is 5.32 Å². The van der Waals surface area contributed by atoms with Gasteiger partial charge in [0.25, 0.3) is 0 Å². The second-order valence-electron chi connectivity index (χ2n) is 2.99. The number of aromatic nitrogens is 2. The van der Waals surface area contributed by atoms with E-state index in [1.807, 2.05) is 13.0 Å². The highest BCUT2D eigenvalue weighted by atomic mass is 16.3. The molecule has 1 N–H and O–H groups in total. The third kappa shape index (κ3) is 1.46. The summed E-state index contributed by atoms with van der Waals surface area (Å²) in [5.41, 5.74) is 2.91. The zero-order chi connectivity index (χ0) is 9.97. The topological polar surface area (TPSA) is 51.0 Å². The Morgan fingerprint density at radius 2 is 2.29 bits per heavy atom. The van der Waals surface area contributed by atoms with Crippen LogP contribution in [0.5, 0.6) is 0 Å². The Balaban J connectivity index is 2.51. The third-order valence-electron chi connectivity index (χ3n) is 1.99. The van der Waals surface area contributed by atoms with E-state index in [1.54, 1.807) is 25.8 Å². The summed E-state index contributed by atoms with van der Waals surface area (Å²) in [4.78, 5) is 8.47. The summed E-state index contributed by atoms with van der Waals surface area (Å²) in [6, 6.07) is 1.88. The lowest BCUT2D eigenvalue weighted by atomic mass is 10.1. The lowest BCUT2D eigenvalue weighted by Gasteiger charge is -2.03. The van der Waals surface area contributed by atoms with Crippen LogP contribution in [0.4, 0.5) is 5.95 Å². The molecule has 2 rings (SSSR count). The first-order chi connectivity index (χ1) is 6.81. The van der Waals surface area contributed by atoms with Crippen molar-refractivity contribution < 1.29 is 4.42 Å². The summed E-state index contributed by atoms with van der Waals surface area (Å²) < 4.78 is 5.02. The summed E-state index contributed by atoms with van der Waals surface area (Å²) in [5, 5.41) is 2.90. The molecular weight excluding hydrogens is 178 g/mol. The normalized spacial score (nSPS) is 10.1. The van der Waals surface area contributed by atoms with Gasteiger partial charge in [0.15, 0.2) is 0 Å². The van der Waals surface area contributed by atoms with Gasteiger partial charge in [-0.15, -0.1) is 0 Å². The van der Waals surface area contributed by atoms with Crippen molar-refractivity contribution in [1.82, 2.24) is 9.97 Å². The average Bonchev–Trinajstić information content (AvgIpc) is 2.71. The molecule has 14 heavy (non-hydrogen) atoms. The molecule has 0 saturated carbocycles. The molecule has 0 atom stereocenters. The first-order valence-corrected chi connectivity index (χ1v) is 4.35. The molecule has 0 amide bonds. The van der Waals surface area contributed by atoms with Crippen molar-refractivity contribution in [3.63, 3.8) is 0 Å². The molecule has 2 aromatic heterocycles. The molecule has 0 aliphatic rings. The molecule has 0 spiro atoms. The lowest BCUT2D eigenvalue weighted by molar-refractivity contribution is 0.568. The second-order valence-corrected chi connectivity index (χ2v) is 2.99. The SMILES string of the molecule is CNc1ncc(C)c(-c2ccoc2)n1. The van der Waals surface area contributed by atoms with Crippen LogP contribution in [0.1, 0.15) is 5.56 Å². The maximum absolute atomic E-state index is 5.02. The fourth-order valence-electron chi connectivity index (χ4n) is 1.25. The van der Waals surface area contributed by atoms with Gasteiger partial charge in [0.1, 0.15) is 0 Å². The quantitative estimate of drug-likeness (QED) is 0.785. The highest BCUT2D eigenvalue weighted by molar-refractivity contribution is 5.62. The van der Waals surface area contributed by atoms with Crippen molar-refractivity contribution in [2.24, 2.45) is 0 Å². The maximum atomic E-state index is 5.02. The smallest absolute Gasteiger partial charge is 0.222 e. The van der Waals surface area contributed by atoms with Gasteiger partial charge < -0.3 is 9.73 Å². The highest BCUT2D eigenvalue weighted by Gasteiger charge is 2.06. The van der Waals surface area contributed by atoms with Gasteiger partial charge in [-0.3, -0.25) is 0 Å². The lowest BCUT2D eigenvalue weighted by Crippen LogP contribution is -1.98. The molecule has 0 bridgehead atoms. The number of aryl methyl sites for hydroxylation is 1. The molecule has 0 aromatic carbocycles. The van der Waals surface area contributed by atoms with Crippen LogP contribution in [-0.4, -0.2) is 17.0 Å². The number of furan rings is 1. The van der Waals surface area contributed by atoms with E-state index in [2.05, 4.69) is 15.3 Å². The van der Waals surface area contributed by atoms with Gasteiger partial charge in [0.2, 0.25) is 5.95 Å². The van der Waals surface area contributed by atoms with Crippen molar-refractivity contribution >= 4 is 5.95 Å². The standard InChI is InChI=1S/C10H11N3O/c1-7-5-12-10(11-2)13-9(7)8-3-4-14-6-8/h3-6H,1-2H3,(H,11,12,13). The third-order valence-corrected chi connectivity index (χ3v) is 1.99. The van der Waals surface area contributed by atoms with Gasteiger partial charge in [-0.25, -0.2) is 9.97 Å². The zero-order valence-electron chi connectivity index (χ0n) is 8.11. The van der Waals surface area contributed by atoms with Crippen molar-refractivity contribution in [1.29, 1.82) is 0 Å². The van der Waals surface area contributed by atoms with E-state index in [9.17, 15) is 0 Å². The molecule has 0 radical (unpaired) electrons. The van der Waals surface area contributed by atoms with Crippen LogP contribution in [0.2, 0.25) is 0 Å². The highest BCUT2D eigenvalue weighted by Crippen LogP contribution is 2.21. The number of nitrogens with zero attached hydrogens (tertiary/aromatic N) is 2. The first-order valence-electron chi connectivity index (χ1n) is 4.35. The average molecular weight is 189 g/mol. The van der Waals surface area contributed by atoms with Gasteiger partial charge >= 0.3 is 0 Å². The van der Waals surface area contributed by atoms with E-state index in [0.717, 1.165) is 16.8 Å². The van der Waals surface area contributed by atoms with E-state index < -0.39 is 0 Å². The molecule has 0 fully saturated rings. The Morgan fingerprint density at radius 1 is 1.43 bits per heavy atom. The molecular formula is C10H11N3O. The van der Waals surface area contributed by atoms with Crippen molar-refractivity contribution in [3.8, 4) is 11.3 Å². The maximum Gasteiger partial charge on any atom is 0.222 e. The first kappa shape index (κ1) is 8.74. The van der Waals surface area contributed by atoms with Gasteiger partial charge in [0, 0.05) is 18.8 Å². The number of rotatable bonds is 2. The summed E-state index contributed by atoms with van der Waals surface area (Å²) in [6.45, 7) is 1.97. The van der Waals surface area contributed by atoms with Crippen LogP contribution in [0.3, 0.4) is 0 Å². The summed E-state index contributed by atoms with van der Waals surface area (Å²) in [6.07, 6.45) is 5.10. The van der Waals surface area contributed by atoms with Gasteiger partial charge in [-0.05, 0) is 18.6 Å². The van der Waals surface area contributed by atoms with E-state index in [4.69, 9.17) is 4.42 Å². The Kier molecular flexibility index (Phi) is 2.18. The Morgan fingerprint density at radius 3 is 2.93 bits per heavy atom. The molecule has 4 nitrogen and oxygen atoms in total. The molecule has 2 heterocycles. The number of nitrogens with one attached hydrogen (secondary N) is 1. The molecule has 0 aliphatic carbocycles. The predicted octanol–water partition coefficient (Wildman–Crippen LogP) is 2.09. The molecule has 0 saturated heterocycles. The van der Waals surface area contributed by atoms with E-state index >= 15 is 0 Å². The van der Waals surface area contributed by atoms with E-state index in [0.29, 0.717) is 5.95 Å². The van der Waals surface area contributed by atoms with Crippen LogP contribution in [-0.2, 0) is 0 Å². The van der Waals surface area contributed by atoms with E-state index in [-0.39, 0.29) is 0 Å². The minimum absolute atomic E-state index is 0.617. The van der Waals surface area contributed by atoms with Crippen LogP contribution in [0.15, 0.2) is 29.2 Å². The second kappa shape index (κ2) is 3.49.